The predicted molar refractivity (Wildman–Crippen MR) is 77.7 cm³/mol. The van der Waals surface area contributed by atoms with Crippen LogP contribution < -0.4 is 0 Å². The molecule has 0 aliphatic carbocycles. The number of hydrogen-bond acceptors (Lipinski definition) is 3. The number of thiophene rings is 1. The average Bonchev–Trinajstić information content (AvgIpc) is 2.71. The molecule has 4 heteroatoms. The molecule has 2 aromatic rings. The SMILES string of the molecule is Cc1cc(C(=O)N(C)Cc2ccc(O)cc2)sc1C. The van der Waals surface area contributed by atoms with Gasteiger partial charge in [0.05, 0.1) is 4.88 Å². The van der Waals surface area contributed by atoms with Crippen LogP contribution in [0, 0.1) is 13.8 Å². The van der Waals surface area contributed by atoms with Gasteiger partial charge in [-0.15, -0.1) is 11.3 Å². The standard InChI is InChI=1S/C15H17NO2S/c1-10-8-14(19-11(10)2)15(18)16(3)9-12-4-6-13(17)7-5-12/h4-8,17H,9H2,1-3H3. The number of nitrogens with zero attached hydrogens (tertiary/aromatic N) is 1. The maximum absolute atomic E-state index is 12.3. The van der Waals surface area contributed by atoms with Crippen molar-refractivity contribution in [2.45, 2.75) is 20.4 Å². The molecule has 1 aromatic heterocycles. The Labute approximate surface area is 117 Å². The zero-order chi connectivity index (χ0) is 14.0. The molecule has 0 atom stereocenters. The van der Waals surface area contributed by atoms with Gasteiger partial charge in [0.2, 0.25) is 0 Å². The Bertz CT molecular complexity index is 567. The first kappa shape index (κ1) is 13.6. The fraction of sp³-hybridized carbons (Fsp3) is 0.267. The van der Waals surface area contributed by atoms with Crippen LogP contribution in [0.25, 0.3) is 0 Å². The van der Waals surface area contributed by atoms with Gasteiger partial charge in [-0.1, -0.05) is 12.1 Å². The molecule has 100 valence electrons. The highest BCUT2D eigenvalue weighted by Crippen LogP contribution is 2.22. The number of benzene rings is 1. The van der Waals surface area contributed by atoms with Gasteiger partial charge in [-0.25, -0.2) is 0 Å². The second-order valence-corrected chi connectivity index (χ2v) is 5.93. The number of rotatable bonds is 3. The van der Waals surface area contributed by atoms with E-state index < -0.39 is 0 Å². The summed E-state index contributed by atoms with van der Waals surface area (Å²) in [5.74, 6) is 0.275. The summed E-state index contributed by atoms with van der Waals surface area (Å²) in [6.07, 6.45) is 0. The first-order valence-electron chi connectivity index (χ1n) is 6.08. The second-order valence-electron chi connectivity index (χ2n) is 4.68. The van der Waals surface area contributed by atoms with E-state index in [9.17, 15) is 9.90 Å². The number of aryl methyl sites for hydroxylation is 2. The molecule has 0 saturated heterocycles. The Balaban J connectivity index is 2.09. The lowest BCUT2D eigenvalue weighted by Crippen LogP contribution is -2.25. The molecule has 0 unspecified atom stereocenters. The maximum atomic E-state index is 12.3. The van der Waals surface area contributed by atoms with Crippen LogP contribution in [-0.2, 0) is 6.54 Å². The fourth-order valence-electron chi connectivity index (χ4n) is 1.81. The molecular weight excluding hydrogens is 258 g/mol. The highest BCUT2D eigenvalue weighted by Gasteiger charge is 2.15. The van der Waals surface area contributed by atoms with Crippen molar-refractivity contribution in [2.75, 3.05) is 7.05 Å². The van der Waals surface area contributed by atoms with Gasteiger partial charge in [0.25, 0.3) is 5.91 Å². The molecule has 0 aliphatic rings. The summed E-state index contributed by atoms with van der Waals surface area (Å²) in [5.41, 5.74) is 2.16. The van der Waals surface area contributed by atoms with E-state index in [4.69, 9.17) is 0 Å². The quantitative estimate of drug-likeness (QED) is 0.933. The van der Waals surface area contributed by atoms with Gasteiger partial charge in [0.15, 0.2) is 0 Å². The number of phenolic OH excluding ortho intramolecular Hbond substituents is 1. The van der Waals surface area contributed by atoms with E-state index in [2.05, 4.69) is 0 Å². The first-order chi connectivity index (χ1) is 8.97. The van der Waals surface area contributed by atoms with Gasteiger partial charge >= 0.3 is 0 Å². The van der Waals surface area contributed by atoms with Crippen LogP contribution in [0.5, 0.6) is 5.75 Å². The third kappa shape index (κ3) is 3.15. The van der Waals surface area contributed by atoms with E-state index in [1.54, 1.807) is 24.1 Å². The van der Waals surface area contributed by atoms with Crippen molar-refractivity contribution in [1.82, 2.24) is 4.90 Å². The summed E-state index contributed by atoms with van der Waals surface area (Å²) in [7, 11) is 1.79. The van der Waals surface area contributed by atoms with Crippen molar-refractivity contribution in [1.29, 1.82) is 0 Å². The Hall–Kier alpha value is -1.81. The van der Waals surface area contributed by atoms with E-state index in [0.29, 0.717) is 6.54 Å². The summed E-state index contributed by atoms with van der Waals surface area (Å²) in [4.78, 5) is 15.9. The molecule has 3 nitrogen and oxygen atoms in total. The fourth-order valence-corrected chi connectivity index (χ4v) is 2.84. The van der Waals surface area contributed by atoms with Gasteiger partial charge in [-0.3, -0.25) is 4.79 Å². The van der Waals surface area contributed by atoms with E-state index in [0.717, 1.165) is 16.0 Å². The maximum Gasteiger partial charge on any atom is 0.263 e. The van der Waals surface area contributed by atoms with Gasteiger partial charge in [0.1, 0.15) is 5.75 Å². The van der Waals surface area contributed by atoms with Crippen molar-refractivity contribution in [3.8, 4) is 5.75 Å². The molecule has 0 bridgehead atoms. The van der Waals surface area contributed by atoms with Gasteiger partial charge in [-0.2, -0.15) is 0 Å². The number of hydrogen-bond donors (Lipinski definition) is 1. The highest BCUT2D eigenvalue weighted by molar-refractivity contribution is 7.14. The molecule has 0 aliphatic heterocycles. The number of aromatic hydroxyl groups is 1. The van der Waals surface area contributed by atoms with Gasteiger partial charge in [0, 0.05) is 18.5 Å². The lowest BCUT2D eigenvalue weighted by atomic mass is 10.2. The van der Waals surface area contributed by atoms with Crippen LogP contribution in [0.1, 0.15) is 25.7 Å². The number of carbonyl (C=O) groups excluding carboxylic acids is 1. The lowest BCUT2D eigenvalue weighted by Gasteiger charge is -2.16. The van der Waals surface area contributed by atoms with Gasteiger partial charge < -0.3 is 10.0 Å². The van der Waals surface area contributed by atoms with E-state index in [1.807, 2.05) is 32.0 Å². The molecule has 0 radical (unpaired) electrons. The normalized spacial score (nSPS) is 10.5. The van der Waals surface area contributed by atoms with Crippen molar-refractivity contribution >= 4 is 17.2 Å². The summed E-state index contributed by atoms with van der Waals surface area (Å²) in [6, 6.07) is 8.85. The monoisotopic (exact) mass is 275 g/mol. The topological polar surface area (TPSA) is 40.5 Å². The van der Waals surface area contributed by atoms with Crippen molar-refractivity contribution < 1.29 is 9.90 Å². The number of phenols is 1. The molecule has 0 saturated carbocycles. The largest absolute Gasteiger partial charge is 0.508 e. The molecule has 0 fully saturated rings. The zero-order valence-electron chi connectivity index (χ0n) is 11.3. The van der Waals surface area contributed by atoms with Gasteiger partial charge in [-0.05, 0) is 43.2 Å². The smallest absolute Gasteiger partial charge is 0.263 e. The minimum Gasteiger partial charge on any atom is -0.508 e. The van der Waals surface area contributed by atoms with Crippen LogP contribution in [0.4, 0.5) is 0 Å². The number of carbonyl (C=O) groups is 1. The summed E-state index contributed by atoms with van der Waals surface area (Å²) < 4.78 is 0. The summed E-state index contributed by atoms with van der Waals surface area (Å²) in [5, 5.41) is 9.23. The molecule has 0 spiro atoms. The van der Waals surface area contributed by atoms with Crippen molar-refractivity contribution in [3.63, 3.8) is 0 Å². The van der Waals surface area contributed by atoms with Crippen molar-refractivity contribution in [3.05, 3.63) is 51.2 Å². The molecule has 19 heavy (non-hydrogen) atoms. The third-order valence-electron chi connectivity index (χ3n) is 3.08. The molecule has 2 rings (SSSR count). The molecule has 1 N–H and O–H groups in total. The summed E-state index contributed by atoms with van der Waals surface area (Å²) >= 11 is 1.53. The molecular formula is C15H17NO2S. The van der Waals surface area contributed by atoms with Crippen LogP contribution in [0.15, 0.2) is 30.3 Å². The van der Waals surface area contributed by atoms with Crippen LogP contribution in [0.2, 0.25) is 0 Å². The van der Waals surface area contributed by atoms with E-state index in [1.165, 1.54) is 16.2 Å². The molecule has 1 amide bonds. The molecule has 1 aromatic carbocycles. The lowest BCUT2D eigenvalue weighted by molar-refractivity contribution is 0.0790. The highest BCUT2D eigenvalue weighted by atomic mass is 32.1. The van der Waals surface area contributed by atoms with Crippen LogP contribution in [0.3, 0.4) is 0 Å². The first-order valence-corrected chi connectivity index (χ1v) is 6.89. The van der Waals surface area contributed by atoms with Crippen LogP contribution in [-0.4, -0.2) is 23.0 Å². The Morgan fingerprint density at radius 2 is 1.89 bits per heavy atom. The van der Waals surface area contributed by atoms with E-state index >= 15 is 0 Å². The third-order valence-corrected chi connectivity index (χ3v) is 4.22. The summed E-state index contributed by atoms with van der Waals surface area (Å²) in [6.45, 7) is 4.58. The Morgan fingerprint density at radius 1 is 1.26 bits per heavy atom. The second kappa shape index (κ2) is 5.45. The van der Waals surface area contributed by atoms with Crippen LogP contribution >= 0.6 is 11.3 Å². The number of amides is 1. The predicted octanol–water partition coefficient (Wildman–Crippen LogP) is 3.34. The average molecular weight is 275 g/mol. The molecule has 1 heterocycles. The minimum absolute atomic E-state index is 0.0364. The Kier molecular flexibility index (Phi) is 3.90. The van der Waals surface area contributed by atoms with Crippen molar-refractivity contribution in [2.24, 2.45) is 0 Å². The van der Waals surface area contributed by atoms with E-state index in [-0.39, 0.29) is 11.7 Å². The minimum atomic E-state index is 0.0364. The Morgan fingerprint density at radius 3 is 2.42 bits per heavy atom. The zero-order valence-corrected chi connectivity index (χ0v) is 12.1.